The van der Waals surface area contributed by atoms with Crippen LogP contribution in [-0.4, -0.2) is 18.9 Å². The number of hydrogen-bond acceptors (Lipinski definition) is 6. The highest BCUT2D eigenvalue weighted by Crippen LogP contribution is 2.36. The van der Waals surface area contributed by atoms with Gasteiger partial charge >= 0.3 is 0 Å². The van der Waals surface area contributed by atoms with Gasteiger partial charge in [0.25, 0.3) is 0 Å². The summed E-state index contributed by atoms with van der Waals surface area (Å²) in [4.78, 5) is 0. The van der Waals surface area contributed by atoms with E-state index >= 15 is 0 Å². The summed E-state index contributed by atoms with van der Waals surface area (Å²) in [6, 6.07) is 13.5. The molecule has 0 bridgehead atoms. The fourth-order valence-corrected chi connectivity index (χ4v) is 2.84. The highest BCUT2D eigenvalue weighted by Gasteiger charge is 2.29. The molecule has 6 nitrogen and oxygen atoms in total. The second kappa shape index (κ2) is 5.72. The molecule has 0 saturated carbocycles. The lowest BCUT2D eigenvalue weighted by atomic mass is 9.98. The van der Waals surface area contributed by atoms with Gasteiger partial charge in [-0.1, -0.05) is 12.1 Å². The number of furan rings is 1. The molecule has 4 rings (SSSR count). The van der Waals surface area contributed by atoms with Crippen molar-refractivity contribution < 1.29 is 9.15 Å². The van der Waals surface area contributed by atoms with Gasteiger partial charge in [0.15, 0.2) is 0 Å². The number of nitriles is 1. The molecule has 118 valence electrons. The molecule has 0 aliphatic carbocycles. The summed E-state index contributed by atoms with van der Waals surface area (Å²) < 4.78 is 10.9. The molecule has 2 aliphatic heterocycles. The van der Waals surface area contributed by atoms with Crippen LogP contribution < -0.4 is 10.7 Å². The Kier molecular flexibility index (Phi) is 3.41. The maximum absolute atomic E-state index is 9.55. The summed E-state index contributed by atoms with van der Waals surface area (Å²) in [6.07, 6.45) is 3.45. The van der Waals surface area contributed by atoms with Gasteiger partial charge in [0.1, 0.15) is 23.2 Å². The SMILES string of the molecule is N#CC1=C(N)N(c2ccccc2-c2ccco2)N=C2COCC=C21. The molecule has 1 aromatic heterocycles. The molecular weight excluding hydrogens is 304 g/mol. The molecule has 0 radical (unpaired) electrons. The quantitative estimate of drug-likeness (QED) is 0.920. The predicted molar refractivity (Wildman–Crippen MR) is 89.8 cm³/mol. The van der Waals surface area contributed by atoms with Gasteiger partial charge in [-0.15, -0.1) is 0 Å². The Morgan fingerprint density at radius 3 is 2.88 bits per heavy atom. The number of anilines is 1. The van der Waals surface area contributed by atoms with Crippen molar-refractivity contribution in [2.24, 2.45) is 10.8 Å². The van der Waals surface area contributed by atoms with E-state index in [4.69, 9.17) is 14.9 Å². The molecule has 0 saturated heterocycles. The maximum Gasteiger partial charge on any atom is 0.144 e. The molecule has 0 amide bonds. The highest BCUT2D eigenvalue weighted by molar-refractivity contribution is 6.08. The molecule has 0 atom stereocenters. The van der Waals surface area contributed by atoms with Crippen molar-refractivity contribution in [3.05, 3.63) is 65.7 Å². The topological polar surface area (TPSA) is 87.8 Å². The molecule has 2 aliphatic rings. The van der Waals surface area contributed by atoms with Gasteiger partial charge in [-0.2, -0.15) is 10.4 Å². The number of rotatable bonds is 2. The third-order valence-electron chi connectivity index (χ3n) is 3.96. The molecule has 0 spiro atoms. The minimum absolute atomic E-state index is 0.299. The number of para-hydroxylation sites is 1. The van der Waals surface area contributed by atoms with Crippen LogP contribution in [0.2, 0.25) is 0 Å². The lowest BCUT2D eigenvalue weighted by molar-refractivity contribution is 0.199. The third kappa shape index (κ3) is 2.19. The van der Waals surface area contributed by atoms with E-state index in [1.807, 2.05) is 42.5 Å². The molecule has 0 fully saturated rings. The molecule has 6 heteroatoms. The molecule has 3 heterocycles. The number of fused-ring (bicyclic) bond motifs is 1. The van der Waals surface area contributed by atoms with Gasteiger partial charge in [0, 0.05) is 11.1 Å². The van der Waals surface area contributed by atoms with Gasteiger partial charge in [0.05, 0.1) is 30.9 Å². The maximum atomic E-state index is 9.55. The van der Waals surface area contributed by atoms with Gasteiger partial charge in [-0.05, 0) is 30.3 Å². The van der Waals surface area contributed by atoms with Gasteiger partial charge in [-0.3, -0.25) is 0 Å². The van der Waals surface area contributed by atoms with E-state index < -0.39 is 0 Å². The Balaban J connectivity index is 1.89. The van der Waals surface area contributed by atoms with Crippen molar-refractivity contribution in [1.82, 2.24) is 0 Å². The van der Waals surface area contributed by atoms with Crippen molar-refractivity contribution >= 4 is 11.4 Å². The molecule has 2 N–H and O–H groups in total. The van der Waals surface area contributed by atoms with Crippen molar-refractivity contribution in [2.45, 2.75) is 0 Å². The lowest BCUT2D eigenvalue weighted by Gasteiger charge is -2.30. The normalized spacial score (nSPS) is 17.0. The minimum atomic E-state index is 0.299. The number of nitrogens with two attached hydrogens (primary N) is 1. The zero-order chi connectivity index (χ0) is 16.5. The molecule has 0 unspecified atom stereocenters. The van der Waals surface area contributed by atoms with Crippen molar-refractivity contribution in [2.75, 3.05) is 18.2 Å². The van der Waals surface area contributed by atoms with Crippen LogP contribution in [0.4, 0.5) is 5.69 Å². The highest BCUT2D eigenvalue weighted by atomic mass is 16.5. The monoisotopic (exact) mass is 318 g/mol. The van der Waals surface area contributed by atoms with Gasteiger partial charge in [-0.25, -0.2) is 5.01 Å². The van der Waals surface area contributed by atoms with Crippen LogP contribution in [0.1, 0.15) is 0 Å². The molecule has 2 aromatic rings. The predicted octanol–water partition coefficient (Wildman–Crippen LogP) is 2.77. The fraction of sp³-hybridized carbons (Fsp3) is 0.111. The van der Waals surface area contributed by atoms with Crippen LogP contribution in [0.5, 0.6) is 0 Å². The standard InChI is InChI=1S/C18H14N4O2/c19-10-14-12-7-9-23-11-15(12)21-22(18(14)20)16-5-2-1-4-13(16)17-6-3-8-24-17/h1-8H,9,11,20H2. The van der Waals surface area contributed by atoms with E-state index in [0.717, 1.165) is 16.8 Å². The van der Waals surface area contributed by atoms with E-state index in [-0.39, 0.29) is 0 Å². The number of allylic oxidation sites excluding steroid dienone is 1. The van der Waals surface area contributed by atoms with Crippen LogP contribution in [-0.2, 0) is 4.74 Å². The zero-order valence-electron chi connectivity index (χ0n) is 12.8. The Morgan fingerprint density at radius 2 is 2.08 bits per heavy atom. The Bertz CT molecular complexity index is 917. The first kappa shape index (κ1) is 14.3. The fourth-order valence-electron chi connectivity index (χ4n) is 2.84. The molecular formula is C18H14N4O2. The van der Waals surface area contributed by atoms with E-state index in [9.17, 15) is 5.26 Å². The summed E-state index contributed by atoms with van der Waals surface area (Å²) in [5.74, 6) is 1.01. The Hall–Kier alpha value is -3.30. The zero-order valence-corrected chi connectivity index (χ0v) is 12.8. The second-order valence-corrected chi connectivity index (χ2v) is 5.36. The second-order valence-electron chi connectivity index (χ2n) is 5.36. The van der Waals surface area contributed by atoms with Crippen LogP contribution in [0.3, 0.4) is 0 Å². The van der Waals surface area contributed by atoms with Gasteiger partial charge < -0.3 is 14.9 Å². The smallest absolute Gasteiger partial charge is 0.144 e. The summed E-state index contributed by atoms with van der Waals surface area (Å²) in [5.41, 5.74) is 9.72. The number of nitrogens with zero attached hydrogens (tertiary/aromatic N) is 3. The summed E-state index contributed by atoms with van der Waals surface area (Å²) in [7, 11) is 0. The van der Waals surface area contributed by atoms with Crippen molar-refractivity contribution in [3.63, 3.8) is 0 Å². The number of benzene rings is 1. The number of hydrazone groups is 1. The van der Waals surface area contributed by atoms with Crippen molar-refractivity contribution in [3.8, 4) is 17.4 Å². The average molecular weight is 318 g/mol. The third-order valence-corrected chi connectivity index (χ3v) is 3.96. The first-order valence-electron chi connectivity index (χ1n) is 7.48. The van der Waals surface area contributed by atoms with E-state index in [1.165, 1.54) is 0 Å². The van der Waals surface area contributed by atoms with E-state index in [1.54, 1.807) is 11.3 Å². The summed E-state index contributed by atoms with van der Waals surface area (Å²) >= 11 is 0. The summed E-state index contributed by atoms with van der Waals surface area (Å²) in [6.45, 7) is 0.805. The Labute approximate surface area is 138 Å². The molecule has 1 aromatic carbocycles. The first-order chi connectivity index (χ1) is 11.8. The average Bonchev–Trinajstić information content (AvgIpc) is 3.16. The van der Waals surface area contributed by atoms with E-state index in [2.05, 4.69) is 11.2 Å². The number of ether oxygens (including phenoxy) is 1. The van der Waals surface area contributed by atoms with Crippen LogP contribution in [0.25, 0.3) is 11.3 Å². The first-order valence-corrected chi connectivity index (χ1v) is 7.48. The largest absolute Gasteiger partial charge is 0.464 e. The lowest BCUT2D eigenvalue weighted by Crippen LogP contribution is -2.34. The van der Waals surface area contributed by atoms with E-state index in [0.29, 0.717) is 36.1 Å². The van der Waals surface area contributed by atoms with Crippen LogP contribution in [0, 0.1) is 11.3 Å². The minimum Gasteiger partial charge on any atom is -0.464 e. The Morgan fingerprint density at radius 1 is 1.21 bits per heavy atom. The van der Waals surface area contributed by atoms with Crippen LogP contribution in [0.15, 0.2) is 75.2 Å². The van der Waals surface area contributed by atoms with Crippen molar-refractivity contribution in [1.29, 1.82) is 5.26 Å². The van der Waals surface area contributed by atoms with Crippen LogP contribution >= 0.6 is 0 Å². The number of hydrogen-bond donors (Lipinski definition) is 1. The summed E-state index contributed by atoms with van der Waals surface area (Å²) in [5, 5.41) is 15.7. The van der Waals surface area contributed by atoms with Gasteiger partial charge in [0.2, 0.25) is 0 Å². The molecule has 24 heavy (non-hydrogen) atoms.